The summed E-state index contributed by atoms with van der Waals surface area (Å²) in [6, 6.07) is 3.29. The predicted molar refractivity (Wildman–Crippen MR) is 100 cm³/mol. The highest BCUT2D eigenvalue weighted by Gasteiger charge is 2.35. The highest BCUT2D eigenvalue weighted by Crippen LogP contribution is 2.32. The molecule has 27 heavy (non-hydrogen) atoms. The fourth-order valence-electron chi connectivity index (χ4n) is 2.67. The van der Waals surface area contributed by atoms with Crippen molar-refractivity contribution in [2.45, 2.75) is 44.5 Å². The summed E-state index contributed by atoms with van der Waals surface area (Å²) in [6.45, 7) is -3.36. The topological polar surface area (TPSA) is 46.1 Å². The van der Waals surface area contributed by atoms with Crippen LogP contribution in [-0.4, -0.2) is 39.5 Å². The van der Waals surface area contributed by atoms with Gasteiger partial charge in [0, 0.05) is 47.1 Å². The van der Waals surface area contributed by atoms with Crippen LogP contribution < -0.4 is 0 Å². The maximum atomic E-state index is 15.9. The van der Waals surface area contributed by atoms with Crippen LogP contribution in [0.3, 0.4) is 0 Å². The molecule has 4 nitrogen and oxygen atoms in total. The van der Waals surface area contributed by atoms with Crippen molar-refractivity contribution < 1.29 is 23.2 Å². The highest BCUT2D eigenvalue weighted by molar-refractivity contribution is 6.31. The van der Waals surface area contributed by atoms with Crippen molar-refractivity contribution in [3.05, 3.63) is 58.4 Å². The Kier molecular flexibility index (Phi) is 3.81. The lowest BCUT2D eigenvalue weighted by molar-refractivity contribution is 0.0389. The largest absolute Gasteiger partial charge is 0.338 e. The Morgan fingerprint density at radius 3 is 2.89 bits per heavy atom. The molecule has 1 aromatic heterocycles. The van der Waals surface area contributed by atoms with E-state index in [1.54, 1.807) is 0 Å². The van der Waals surface area contributed by atoms with Crippen molar-refractivity contribution in [1.29, 1.82) is 0 Å². The van der Waals surface area contributed by atoms with Gasteiger partial charge in [-0.2, -0.15) is 0 Å². The summed E-state index contributed by atoms with van der Waals surface area (Å²) in [5.41, 5.74) is -3.00. The number of piperidine rings is 1. The molecule has 1 aromatic carbocycles. The lowest BCUT2D eigenvalue weighted by Crippen LogP contribution is -2.44. The first-order valence-corrected chi connectivity index (χ1v) is 8.70. The van der Waals surface area contributed by atoms with Crippen molar-refractivity contribution in [2.24, 2.45) is 0 Å². The number of alkyl halides is 1. The number of nitrogens with zero attached hydrogens (tertiary/aromatic N) is 3. The number of rotatable bonds is 5. The molecule has 1 unspecified atom stereocenters. The Hall–Kier alpha value is -2.08. The number of likely N-dealkylation sites (tertiary alicyclic amines) is 1. The van der Waals surface area contributed by atoms with Gasteiger partial charge in [-0.15, -0.1) is 0 Å². The van der Waals surface area contributed by atoms with E-state index in [0.717, 1.165) is 29.4 Å². The average molecular weight is 401 g/mol. The number of hydrogen-bond donors (Lipinski definition) is 0. The molecule has 0 radical (unpaired) electrons. The molecule has 144 valence electrons. The van der Waals surface area contributed by atoms with Crippen LogP contribution in [0.4, 0.5) is 8.78 Å². The van der Waals surface area contributed by atoms with Crippen molar-refractivity contribution >= 4 is 17.5 Å². The van der Waals surface area contributed by atoms with E-state index in [1.807, 2.05) is 0 Å². The van der Waals surface area contributed by atoms with Crippen molar-refractivity contribution in [3.63, 3.8) is 0 Å². The van der Waals surface area contributed by atoms with E-state index in [9.17, 15) is 9.18 Å². The molecular weight excluding hydrogens is 372 g/mol. The van der Waals surface area contributed by atoms with Gasteiger partial charge in [0.05, 0.1) is 5.02 Å². The van der Waals surface area contributed by atoms with Gasteiger partial charge in [0.2, 0.25) is 0 Å². The van der Waals surface area contributed by atoms with Gasteiger partial charge in [0.1, 0.15) is 17.3 Å². The number of halogens is 3. The van der Waals surface area contributed by atoms with Gasteiger partial charge in [0.25, 0.3) is 5.91 Å². The summed E-state index contributed by atoms with van der Waals surface area (Å²) in [5, 5.41) is -0.281. The van der Waals surface area contributed by atoms with E-state index in [0.29, 0.717) is 0 Å². The minimum atomic E-state index is -2.92. The molecule has 0 aliphatic carbocycles. The van der Waals surface area contributed by atoms with Gasteiger partial charge in [-0.3, -0.25) is 4.79 Å². The molecule has 0 N–H and O–H groups in total. The van der Waals surface area contributed by atoms with Crippen molar-refractivity contribution in [1.82, 2.24) is 14.9 Å². The Labute approximate surface area is 172 Å². The van der Waals surface area contributed by atoms with E-state index < -0.39 is 56.4 Å². The maximum Gasteiger partial charge on any atom is 0.253 e. The SMILES string of the molecule is [2H]C([2H])([2H])c1cnc(CCC([2H])([2H])C2(F)CCN(C(=O)c3ccc(F)c(Cl)c3)CC2([2H])[2H])nc1. The van der Waals surface area contributed by atoms with Gasteiger partial charge in [0.15, 0.2) is 0 Å². The number of hydrogen-bond acceptors (Lipinski definition) is 3. The Morgan fingerprint density at radius 1 is 1.44 bits per heavy atom. The Balaban J connectivity index is 1.72. The summed E-state index contributed by atoms with van der Waals surface area (Å²) in [4.78, 5) is 21.6. The number of aryl methyl sites for hydroxylation is 2. The zero-order valence-electron chi connectivity index (χ0n) is 21.3. The summed E-state index contributed by atoms with van der Waals surface area (Å²) in [7, 11) is 0. The lowest BCUT2D eigenvalue weighted by Gasteiger charge is -2.36. The van der Waals surface area contributed by atoms with Gasteiger partial charge in [-0.25, -0.2) is 18.7 Å². The Morgan fingerprint density at radius 2 is 2.22 bits per heavy atom. The van der Waals surface area contributed by atoms with Crippen LogP contribution in [0, 0.1) is 12.7 Å². The zero-order chi connectivity index (χ0) is 25.5. The van der Waals surface area contributed by atoms with Crippen LogP contribution in [-0.2, 0) is 6.42 Å². The normalized spacial score (nSPS) is 26.6. The summed E-state index contributed by atoms with van der Waals surface area (Å²) in [6.07, 6.45) is -4.39. The smallest absolute Gasteiger partial charge is 0.253 e. The first-order valence-electron chi connectivity index (χ1n) is 11.8. The molecule has 2 heterocycles. The zero-order valence-corrected chi connectivity index (χ0v) is 15.1. The van der Waals surface area contributed by atoms with Gasteiger partial charge >= 0.3 is 0 Å². The van der Waals surface area contributed by atoms with Crippen LogP contribution in [0.5, 0.6) is 0 Å². The number of carbonyl (C=O) groups excluding carboxylic acids is 1. The third kappa shape index (κ3) is 5.01. The molecule has 0 spiro atoms. The Bertz CT molecular complexity index is 1070. The molecule has 0 saturated carbocycles. The molecule has 0 bridgehead atoms. The molecule has 1 fully saturated rings. The third-order valence-electron chi connectivity index (χ3n) is 4.19. The monoisotopic (exact) mass is 400 g/mol. The predicted octanol–water partition coefficient (Wildman–Crippen LogP) is 4.54. The second-order valence-corrected chi connectivity index (χ2v) is 6.56. The van der Waals surface area contributed by atoms with E-state index in [2.05, 4.69) is 9.97 Å². The van der Waals surface area contributed by atoms with Crippen LogP contribution in [0.25, 0.3) is 0 Å². The van der Waals surface area contributed by atoms with E-state index >= 15 is 4.39 Å². The van der Waals surface area contributed by atoms with Crippen LogP contribution >= 0.6 is 11.6 Å². The van der Waals surface area contributed by atoms with Gasteiger partial charge in [-0.05, 0) is 56.2 Å². The molecule has 3 rings (SSSR count). The molecule has 1 saturated heterocycles. The third-order valence-corrected chi connectivity index (χ3v) is 4.48. The summed E-state index contributed by atoms with van der Waals surface area (Å²) >= 11 is 5.71. The van der Waals surface area contributed by atoms with E-state index in [-0.39, 0.29) is 34.9 Å². The molecule has 2 aromatic rings. The molecule has 1 amide bonds. The first-order chi connectivity index (χ1) is 15.6. The number of benzene rings is 1. The molecular formula is C20H22ClF2N3O. The first kappa shape index (κ1) is 12.4. The molecule has 1 aliphatic heterocycles. The van der Waals surface area contributed by atoms with E-state index in [1.165, 1.54) is 6.07 Å². The number of carbonyl (C=O) groups is 1. The average Bonchev–Trinajstić information content (AvgIpc) is 2.75. The molecule has 1 atom stereocenters. The van der Waals surface area contributed by atoms with Crippen LogP contribution in [0.1, 0.15) is 56.9 Å². The van der Waals surface area contributed by atoms with Crippen molar-refractivity contribution in [3.8, 4) is 0 Å². The van der Waals surface area contributed by atoms with Crippen LogP contribution in [0.2, 0.25) is 5.02 Å². The minimum Gasteiger partial charge on any atom is -0.338 e. The second kappa shape index (κ2) is 8.30. The van der Waals surface area contributed by atoms with Gasteiger partial charge in [-0.1, -0.05) is 11.6 Å². The standard InChI is InChI=1S/C20H22ClF2N3O/c1-14-12-24-18(25-13-14)3-2-6-20(23)7-9-26(10-8-20)19(27)15-4-5-17(22)16(21)11-15/h4-5,11-13H,2-3,6-10H2,1H3/i1D3,6D2,7D2. The quantitative estimate of drug-likeness (QED) is 0.739. The molecule has 1 aliphatic rings. The number of aromatic nitrogens is 2. The van der Waals surface area contributed by atoms with Crippen molar-refractivity contribution in [2.75, 3.05) is 13.1 Å². The van der Waals surface area contributed by atoms with Gasteiger partial charge < -0.3 is 4.90 Å². The summed E-state index contributed by atoms with van der Waals surface area (Å²) < 4.78 is 84.4. The van der Waals surface area contributed by atoms with E-state index in [4.69, 9.17) is 21.2 Å². The fraction of sp³-hybridized carbons (Fsp3) is 0.450. The lowest BCUT2D eigenvalue weighted by atomic mass is 9.88. The maximum absolute atomic E-state index is 15.9. The summed E-state index contributed by atoms with van der Waals surface area (Å²) in [5.74, 6) is -1.29. The minimum absolute atomic E-state index is 0.00854. The highest BCUT2D eigenvalue weighted by atomic mass is 35.5. The molecule has 7 heteroatoms. The fourth-order valence-corrected chi connectivity index (χ4v) is 2.85. The second-order valence-electron chi connectivity index (χ2n) is 6.15. The number of amides is 1. The van der Waals surface area contributed by atoms with Crippen LogP contribution in [0.15, 0.2) is 30.6 Å².